The van der Waals surface area contributed by atoms with Gasteiger partial charge >= 0.3 is 0 Å². The fraction of sp³-hybridized carbons (Fsp3) is 0.235. The first-order valence-corrected chi connectivity index (χ1v) is 6.88. The predicted octanol–water partition coefficient (Wildman–Crippen LogP) is 3.31. The Kier molecular flexibility index (Phi) is 3.30. The summed E-state index contributed by atoms with van der Waals surface area (Å²) in [6, 6.07) is 18.6. The van der Waals surface area contributed by atoms with E-state index in [0.29, 0.717) is 6.04 Å². The number of anilines is 2. The van der Waals surface area contributed by atoms with E-state index in [1.807, 2.05) is 36.4 Å². The van der Waals surface area contributed by atoms with Crippen molar-refractivity contribution in [1.29, 1.82) is 5.26 Å². The van der Waals surface area contributed by atoms with E-state index in [-0.39, 0.29) is 0 Å². The topological polar surface area (TPSA) is 53.0 Å². The summed E-state index contributed by atoms with van der Waals surface area (Å²) in [5.41, 5.74) is 9.51. The van der Waals surface area contributed by atoms with Crippen molar-refractivity contribution in [3.63, 3.8) is 0 Å². The van der Waals surface area contributed by atoms with Gasteiger partial charge in [-0.25, -0.2) is 0 Å². The quantitative estimate of drug-likeness (QED) is 0.861. The third-order valence-electron chi connectivity index (χ3n) is 3.65. The van der Waals surface area contributed by atoms with Gasteiger partial charge in [0.05, 0.1) is 11.3 Å². The summed E-state index contributed by atoms with van der Waals surface area (Å²) in [6.45, 7) is 0.823. The van der Waals surface area contributed by atoms with Gasteiger partial charge in [0.1, 0.15) is 6.07 Å². The van der Waals surface area contributed by atoms with Crippen LogP contribution in [0.25, 0.3) is 0 Å². The Labute approximate surface area is 119 Å². The normalized spacial score (nSPS) is 13.8. The van der Waals surface area contributed by atoms with E-state index in [9.17, 15) is 5.26 Å². The zero-order valence-electron chi connectivity index (χ0n) is 11.3. The fourth-order valence-electron chi connectivity index (χ4n) is 2.44. The van der Waals surface area contributed by atoms with Crippen LogP contribution in [0.1, 0.15) is 24.0 Å². The van der Waals surface area contributed by atoms with Gasteiger partial charge in [-0.05, 0) is 42.7 Å². The van der Waals surface area contributed by atoms with E-state index >= 15 is 0 Å². The van der Waals surface area contributed by atoms with Gasteiger partial charge in [-0.3, -0.25) is 0 Å². The van der Waals surface area contributed by atoms with Gasteiger partial charge in [-0.2, -0.15) is 5.26 Å². The van der Waals surface area contributed by atoms with Crippen LogP contribution in [-0.2, 0) is 6.54 Å². The average Bonchev–Trinajstić information content (AvgIpc) is 3.31. The fourth-order valence-corrected chi connectivity index (χ4v) is 2.44. The second-order valence-electron chi connectivity index (χ2n) is 5.23. The Bertz CT molecular complexity index is 636. The number of nitrogen functional groups attached to an aromatic ring is 1. The van der Waals surface area contributed by atoms with Gasteiger partial charge in [0.15, 0.2) is 0 Å². The lowest BCUT2D eigenvalue weighted by Gasteiger charge is -2.25. The molecule has 1 aliphatic rings. The molecule has 100 valence electrons. The number of rotatable bonds is 4. The van der Waals surface area contributed by atoms with Crippen LogP contribution in [-0.4, -0.2) is 6.04 Å². The molecule has 2 N–H and O–H groups in total. The van der Waals surface area contributed by atoms with Gasteiger partial charge in [0, 0.05) is 18.3 Å². The molecule has 0 unspecified atom stereocenters. The maximum absolute atomic E-state index is 9.28. The van der Waals surface area contributed by atoms with Gasteiger partial charge < -0.3 is 10.6 Å². The minimum absolute atomic E-state index is 0.557. The first-order chi connectivity index (χ1) is 9.78. The molecular weight excluding hydrogens is 246 g/mol. The zero-order chi connectivity index (χ0) is 13.9. The molecule has 0 heterocycles. The lowest BCUT2D eigenvalue weighted by molar-refractivity contribution is 0.793. The number of hydrogen-bond acceptors (Lipinski definition) is 3. The molecule has 0 aromatic heterocycles. The number of nitriles is 1. The highest BCUT2D eigenvalue weighted by Crippen LogP contribution is 2.34. The Morgan fingerprint density at radius 2 is 1.80 bits per heavy atom. The van der Waals surface area contributed by atoms with E-state index in [1.54, 1.807) is 0 Å². The maximum atomic E-state index is 9.28. The molecule has 1 fully saturated rings. The molecule has 20 heavy (non-hydrogen) atoms. The van der Waals surface area contributed by atoms with Crippen molar-refractivity contribution in [1.82, 2.24) is 0 Å². The third kappa shape index (κ3) is 2.60. The van der Waals surface area contributed by atoms with Crippen molar-refractivity contribution in [2.75, 3.05) is 10.6 Å². The number of benzene rings is 2. The molecule has 0 bridgehead atoms. The van der Waals surface area contributed by atoms with Gasteiger partial charge in [0.25, 0.3) is 0 Å². The minimum Gasteiger partial charge on any atom is -0.399 e. The van der Waals surface area contributed by atoms with E-state index in [1.165, 1.54) is 18.4 Å². The van der Waals surface area contributed by atoms with Crippen molar-refractivity contribution in [2.45, 2.75) is 25.4 Å². The van der Waals surface area contributed by atoms with Crippen LogP contribution in [0, 0.1) is 11.3 Å². The second-order valence-corrected chi connectivity index (χ2v) is 5.23. The van der Waals surface area contributed by atoms with Crippen LogP contribution in [0.5, 0.6) is 0 Å². The summed E-state index contributed by atoms with van der Waals surface area (Å²) >= 11 is 0. The molecule has 3 nitrogen and oxygen atoms in total. The molecule has 2 aromatic rings. The van der Waals surface area contributed by atoms with Crippen molar-refractivity contribution in [3.8, 4) is 6.07 Å². The van der Waals surface area contributed by atoms with Crippen LogP contribution in [0.3, 0.4) is 0 Å². The van der Waals surface area contributed by atoms with Crippen LogP contribution < -0.4 is 10.6 Å². The summed E-state index contributed by atoms with van der Waals surface area (Å²) in [4.78, 5) is 2.34. The minimum atomic E-state index is 0.557. The van der Waals surface area contributed by atoms with Crippen molar-refractivity contribution >= 4 is 11.4 Å². The molecule has 2 aromatic carbocycles. The van der Waals surface area contributed by atoms with Gasteiger partial charge in [-0.15, -0.1) is 0 Å². The highest BCUT2D eigenvalue weighted by molar-refractivity contribution is 5.60. The highest BCUT2D eigenvalue weighted by atomic mass is 15.2. The molecule has 1 aliphatic carbocycles. The summed E-state index contributed by atoms with van der Waals surface area (Å²) in [6.07, 6.45) is 2.41. The van der Waals surface area contributed by atoms with E-state index < -0.39 is 0 Å². The highest BCUT2D eigenvalue weighted by Gasteiger charge is 2.30. The Hall–Kier alpha value is -2.47. The predicted molar refractivity (Wildman–Crippen MR) is 81.2 cm³/mol. The molecular formula is C17H17N3. The molecule has 3 rings (SSSR count). The Morgan fingerprint density at radius 1 is 1.10 bits per heavy atom. The number of hydrogen-bond donors (Lipinski definition) is 1. The third-order valence-corrected chi connectivity index (χ3v) is 3.65. The van der Waals surface area contributed by atoms with E-state index in [2.05, 4.69) is 23.1 Å². The SMILES string of the molecule is N#Cc1ccccc1N(Cc1ccc(N)cc1)C1CC1. The molecule has 0 saturated heterocycles. The molecule has 0 atom stereocenters. The number of para-hydroxylation sites is 1. The Morgan fingerprint density at radius 3 is 2.45 bits per heavy atom. The monoisotopic (exact) mass is 263 g/mol. The summed E-state index contributed by atoms with van der Waals surface area (Å²) in [7, 11) is 0. The summed E-state index contributed by atoms with van der Waals surface area (Å²) in [5, 5.41) is 9.28. The summed E-state index contributed by atoms with van der Waals surface area (Å²) in [5.74, 6) is 0. The standard InChI is InChI=1S/C17H17N3/c18-11-14-3-1-2-4-17(14)20(16-9-10-16)12-13-5-7-15(19)8-6-13/h1-8,16H,9-10,12,19H2. The molecule has 3 heteroatoms. The van der Waals surface area contributed by atoms with Crippen LogP contribution in [0.15, 0.2) is 48.5 Å². The summed E-state index contributed by atoms with van der Waals surface area (Å²) < 4.78 is 0. The number of nitrogens with zero attached hydrogens (tertiary/aromatic N) is 2. The smallest absolute Gasteiger partial charge is 0.101 e. The average molecular weight is 263 g/mol. The van der Waals surface area contributed by atoms with Gasteiger partial charge in [0.2, 0.25) is 0 Å². The second kappa shape index (κ2) is 5.26. The molecule has 0 radical (unpaired) electrons. The maximum Gasteiger partial charge on any atom is 0.101 e. The van der Waals surface area contributed by atoms with Gasteiger partial charge in [-0.1, -0.05) is 24.3 Å². The zero-order valence-corrected chi connectivity index (χ0v) is 11.3. The first kappa shape index (κ1) is 12.6. The van der Waals surface area contributed by atoms with E-state index in [4.69, 9.17) is 5.73 Å². The van der Waals surface area contributed by atoms with Crippen molar-refractivity contribution < 1.29 is 0 Å². The largest absolute Gasteiger partial charge is 0.399 e. The first-order valence-electron chi connectivity index (χ1n) is 6.88. The number of nitrogens with two attached hydrogens (primary N) is 1. The van der Waals surface area contributed by atoms with Crippen molar-refractivity contribution in [3.05, 3.63) is 59.7 Å². The van der Waals surface area contributed by atoms with Crippen molar-refractivity contribution in [2.24, 2.45) is 0 Å². The molecule has 0 spiro atoms. The van der Waals surface area contributed by atoms with Crippen LogP contribution in [0.4, 0.5) is 11.4 Å². The molecule has 0 amide bonds. The lowest BCUT2D eigenvalue weighted by atomic mass is 10.1. The Balaban J connectivity index is 1.90. The van der Waals surface area contributed by atoms with Crippen LogP contribution >= 0.6 is 0 Å². The molecule has 0 aliphatic heterocycles. The lowest BCUT2D eigenvalue weighted by Crippen LogP contribution is -2.25. The van der Waals surface area contributed by atoms with E-state index in [0.717, 1.165) is 23.5 Å². The molecule has 1 saturated carbocycles. The van der Waals surface area contributed by atoms with Crippen LogP contribution in [0.2, 0.25) is 0 Å².